The summed E-state index contributed by atoms with van der Waals surface area (Å²) in [6.45, 7) is 2.27. The van der Waals surface area contributed by atoms with Gasteiger partial charge in [-0.1, -0.05) is 29.5 Å². The summed E-state index contributed by atoms with van der Waals surface area (Å²) in [5.41, 5.74) is 6.96. The third-order valence-corrected chi connectivity index (χ3v) is 4.42. The summed E-state index contributed by atoms with van der Waals surface area (Å²) >= 11 is 0. The van der Waals surface area contributed by atoms with Gasteiger partial charge in [0.2, 0.25) is 0 Å². The number of nitroso groups, excluding NO2 is 1. The first kappa shape index (κ1) is 13.3. The Kier molecular flexibility index (Phi) is 3.31. The highest BCUT2D eigenvalue weighted by atomic mass is 16.3. The molecular weight excluding hydrogens is 254 g/mol. The van der Waals surface area contributed by atoms with Gasteiger partial charge >= 0.3 is 0 Å². The van der Waals surface area contributed by atoms with E-state index in [1.807, 2.05) is 0 Å². The van der Waals surface area contributed by atoms with Gasteiger partial charge in [0, 0.05) is 19.6 Å². The monoisotopic (exact) mass is 273 g/mol. The number of rotatable bonds is 4. The predicted octanol–water partition coefficient (Wildman–Crippen LogP) is 1.79. The number of hydrogen-bond acceptors (Lipinski definition) is 5. The molecule has 5 nitrogen and oxygen atoms in total. The fraction of sp³-hybridized carbons (Fsp3) is 0.467. The summed E-state index contributed by atoms with van der Waals surface area (Å²) in [4.78, 5) is 13.3. The molecule has 2 aliphatic rings. The van der Waals surface area contributed by atoms with Crippen molar-refractivity contribution in [2.45, 2.75) is 18.0 Å². The second-order valence-corrected chi connectivity index (χ2v) is 5.85. The van der Waals surface area contributed by atoms with Crippen LogP contribution in [0.25, 0.3) is 0 Å². The van der Waals surface area contributed by atoms with Gasteiger partial charge in [0.1, 0.15) is 11.8 Å². The molecule has 1 saturated heterocycles. The van der Waals surface area contributed by atoms with E-state index < -0.39 is 6.04 Å². The largest absolute Gasteiger partial charge is 0.508 e. The number of likely N-dealkylation sites (tertiary alicyclic amines) is 1. The van der Waals surface area contributed by atoms with Gasteiger partial charge in [0.15, 0.2) is 0 Å². The average molecular weight is 273 g/mol. The topological polar surface area (TPSA) is 78.9 Å². The molecule has 1 aromatic rings. The first-order valence-electron chi connectivity index (χ1n) is 6.91. The maximum atomic E-state index is 11.1. The number of phenolic OH excluding ortho intramolecular Hbond substituents is 1. The van der Waals surface area contributed by atoms with Crippen molar-refractivity contribution in [1.29, 1.82) is 0 Å². The van der Waals surface area contributed by atoms with Crippen LogP contribution in [0.2, 0.25) is 0 Å². The molecule has 3 atom stereocenters. The van der Waals surface area contributed by atoms with E-state index in [0.717, 1.165) is 25.1 Å². The average Bonchev–Trinajstić information content (AvgIpc) is 2.91. The molecule has 1 aliphatic carbocycles. The maximum Gasteiger partial charge on any atom is 0.129 e. The van der Waals surface area contributed by atoms with Gasteiger partial charge in [0.05, 0.1) is 5.54 Å². The molecule has 3 rings (SSSR count). The minimum Gasteiger partial charge on any atom is -0.508 e. The van der Waals surface area contributed by atoms with Crippen molar-refractivity contribution in [1.82, 2.24) is 4.90 Å². The highest BCUT2D eigenvalue weighted by Gasteiger charge is 2.44. The minimum atomic E-state index is -0.415. The molecule has 20 heavy (non-hydrogen) atoms. The van der Waals surface area contributed by atoms with Crippen LogP contribution >= 0.6 is 0 Å². The summed E-state index contributed by atoms with van der Waals surface area (Å²) in [7, 11) is 0. The van der Waals surface area contributed by atoms with Crippen LogP contribution in [0.15, 0.2) is 41.6 Å². The van der Waals surface area contributed by atoms with Gasteiger partial charge in [0.25, 0.3) is 0 Å². The van der Waals surface area contributed by atoms with Crippen molar-refractivity contribution >= 4 is 0 Å². The Morgan fingerprint density at radius 1 is 1.45 bits per heavy atom. The van der Waals surface area contributed by atoms with Crippen LogP contribution in [0.3, 0.4) is 0 Å². The Hall–Kier alpha value is -1.72. The number of allylic oxidation sites excluding steroid dienone is 1. The van der Waals surface area contributed by atoms with Gasteiger partial charge < -0.3 is 10.8 Å². The zero-order chi connectivity index (χ0) is 14.2. The number of hydrogen-bond donors (Lipinski definition) is 2. The van der Waals surface area contributed by atoms with E-state index in [1.54, 1.807) is 24.3 Å². The quantitative estimate of drug-likeness (QED) is 0.647. The van der Waals surface area contributed by atoms with E-state index in [-0.39, 0.29) is 11.3 Å². The molecule has 1 aliphatic heterocycles. The third kappa shape index (κ3) is 2.34. The zero-order valence-electron chi connectivity index (χ0n) is 11.3. The summed E-state index contributed by atoms with van der Waals surface area (Å²) in [6.07, 6.45) is 5.27. The molecule has 106 valence electrons. The van der Waals surface area contributed by atoms with Crippen molar-refractivity contribution in [2.75, 3.05) is 19.6 Å². The molecule has 0 spiro atoms. The lowest BCUT2D eigenvalue weighted by Crippen LogP contribution is -2.43. The van der Waals surface area contributed by atoms with E-state index in [2.05, 4.69) is 22.2 Å². The van der Waals surface area contributed by atoms with E-state index in [0.29, 0.717) is 12.5 Å². The van der Waals surface area contributed by atoms with Gasteiger partial charge in [-0.2, -0.15) is 4.91 Å². The number of benzene rings is 1. The zero-order valence-corrected chi connectivity index (χ0v) is 11.3. The summed E-state index contributed by atoms with van der Waals surface area (Å²) in [5.74, 6) is 0.648. The van der Waals surface area contributed by atoms with Crippen LogP contribution in [-0.2, 0) is 0 Å². The van der Waals surface area contributed by atoms with Gasteiger partial charge in [-0.25, -0.2) is 0 Å². The Labute approximate surface area is 118 Å². The Bertz CT molecular complexity index is 528. The summed E-state index contributed by atoms with van der Waals surface area (Å²) < 4.78 is 0. The first-order valence-corrected chi connectivity index (χ1v) is 6.91. The highest BCUT2D eigenvalue weighted by molar-refractivity contribution is 5.28. The molecule has 0 amide bonds. The first-order chi connectivity index (χ1) is 9.60. The number of fused-ring (bicyclic) bond motifs is 1. The number of nitrogens with zero attached hydrogens (tertiary/aromatic N) is 2. The SMILES string of the molecule is N[C@]12C=CC[C@H]1CN(CC(N=O)c1ccc(O)cc1)C2. The molecule has 0 radical (unpaired) electrons. The lowest BCUT2D eigenvalue weighted by atomic mass is 9.92. The van der Waals surface area contributed by atoms with Crippen LogP contribution in [-0.4, -0.2) is 35.2 Å². The van der Waals surface area contributed by atoms with E-state index in [1.165, 1.54) is 0 Å². The van der Waals surface area contributed by atoms with Crippen molar-refractivity contribution in [3.8, 4) is 5.75 Å². The van der Waals surface area contributed by atoms with Crippen LogP contribution in [0.1, 0.15) is 18.0 Å². The predicted molar refractivity (Wildman–Crippen MR) is 77.2 cm³/mol. The Morgan fingerprint density at radius 3 is 2.85 bits per heavy atom. The second kappa shape index (κ2) is 5.00. The van der Waals surface area contributed by atoms with E-state index >= 15 is 0 Å². The second-order valence-electron chi connectivity index (χ2n) is 5.85. The molecule has 1 heterocycles. The number of phenols is 1. The van der Waals surface area contributed by atoms with Crippen LogP contribution in [0.5, 0.6) is 5.75 Å². The molecule has 3 N–H and O–H groups in total. The summed E-state index contributed by atoms with van der Waals surface area (Å²) in [5, 5.41) is 12.5. The molecule has 1 fully saturated rings. The van der Waals surface area contributed by atoms with Crippen LogP contribution < -0.4 is 5.73 Å². The fourth-order valence-corrected chi connectivity index (χ4v) is 3.28. The normalized spacial score (nSPS) is 30.4. The number of nitrogens with two attached hydrogens (primary N) is 1. The Morgan fingerprint density at radius 2 is 2.20 bits per heavy atom. The molecular formula is C15H19N3O2. The van der Waals surface area contributed by atoms with E-state index in [4.69, 9.17) is 5.73 Å². The van der Waals surface area contributed by atoms with Crippen LogP contribution in [0.4, 0.5) is 0 Å². The van der Waals surface area contributed by atoms with Gasteiger partial charge in [-0.15, -0.1) is 0 Å². The van der Waals surface area contributed by atoms with E-state index in [9.17, 15) is 10.0 Å². The van der Waals surface area contributed by atoms with Crippen molar-refractivity contribution in [3.63, 3.8) is 0 Å². The smallest absolute Gasteiger partial charge is 0.129 e. The third-order valence-electron chi connectivity index (χ3n) is 4.42. The van der Waals surface area contributed by atoms with Gasteiger partial charge in [-0.3, -0.25) is 4.90 Å². The lowest BCUT2D eigenvalue weighted by molar-refractivity contribution is 0.299. The molecule has 0 bridgehead atoms. The van der Waals surface area contributed by atoms with Crippen LogP contribution in [0, 0.1) is 10.8 Å². The van der Waals surface area contributed by atoms with Crippen molar-refractivity contribution in [2.24, 2.45) is 16.8 Å². The molecule has 1 aromatic carbocycles. The maximum absolute atomic E-state index is 11.1. The summed E-state index contributed by atoms with van der Waals surface area (Å²) in [6, 6.07) is 6.24. The van der Waals surface area contributed by atoms with Crippen molar-refractivity contribution < 1.29 is 5.11 Å². The lowest BCUT2D eigenvalue weighted by Gasteiger charge is -2.22. The highest BCUT2D eigenvalue weighted by Crippen LogP contribution is 2.35. The number of aromatic hydroxyl groups is 1. The molecule has 0 aromatic heterocycles. The standard InChI is InChI=1S/C15H19N3O2/c16-15-7-1-2-12(15)8-18(10-15)9-14(17-20)11-3-5-13(19)6-4-11/h1,3-7,12,14,19H,2,8-10,16H2/t12-,14?,15-/m0/s1. The fourth-order valence-electron chi connectivity index (χ4n) is 3.28. The molecule has 1 unspecified atom stereocenters. The van der Waals surface area contributed by atoms with Gasteiger partial charge in [-0.05, 0) is 30.0 Å². The van der Waals surface area contributed by atoms with Crippen molar-refractivity contribution in [3.05, 3.63) is 46.9 Å². The Balaban J connectivity index is 1.69. The minimum absolute atomic E-state index is 0.195. The molecule has 0 saturated carbocycles. The molecule has 5 heteroatoms.